The van der Waals surface area contributed by atoms with Crippen LogP contribution in [0.2, 0.25) is 0 Å². The van der Waals surface area contributed by atoms with Gasteiger partial charge in [-0.25, -0.2) is 13.4 Å². The van der Waals surface area contributed by atoms with Crippen LogP contribution in [0.1, 0.15) is 61.9 Å². The van der Waals surface area contributed by atoms with Gasteiger partial charge in [0.25, 0.3) is 0 Å². The van der Waals surface area contributed by atoms with E-state index in [9.17, 15) is 26.4 Å². The zero-order valence-electron chi connectivity index (χ0n) is 20.7. The Balaban J connectivity index is 2.24. The lowest BCUT2D eigenvalue weighted by atomic mass is 9.97. The Bertz CT molecular complexity index is 1130. The Kier molecular flexibility index (Phi) is 9.53. The number of hydrogen-bond acceptors (Lipinski definition) is 5. The molecule has 35 heavy (non-hydrogen) atoms. The van der Waals surface area contributed by atoms with Gasteiger partial charge in [-0.15, -0.1) is 0 Å². The second-order valence-electron chi connectivity index (χ2n) is 8.55. The average molecular weight is 515 g/mol. The number of pyridine rings is 1. The zero-order valence-corrected chi connectivity index (χ0v) is 21.5. The van der Waals surface area contributed by atoms with Crippen molar-refractivity contribution >= 4 is 27.4 Å². The topological polar surface area (TPSA) is 91.4 Å². The van der Waals surface area contributed by atoms with Gasteiger partial charge in [-0.2, -0.15) is 13.2 Å². The number of sulfonamides is 1. The van der Waals surface area contributed by atoms with Crippen LogP contribution in [0.3, 0.4) is 0 Å². The van der Waals surface area contributed by atoms with E-state index in [1.165, 1.54) is 6.07 Å². The summed E-state index contributed by atoms with van der Waals surface area (Å²) >= 11 is 0. The highest BCUT2D eigenvalue weighted by molar-refractivity contribution is 7.92. The van der Waals surface area contributed by atoms with Gasteiger partial charge in [-0.1, -0.05) is 32.0 Å². The van der Waals surface area contributed by atoms with E-state index in [2.05, 4.69) is 15.0 Å². The van der Waals surface area contributed by atoms with Crippen molar-refractivity contribution in [1.29, 1.82) is 0 Å². The molecule has 2 aromatic rings. The second-order valence-corrected chi connectivity index (χ2v) is 10.3. The molecule has 0 spiro atoms. The van der Waals surface area contributed by atoms with Crippen molar-refractivity contribution in [3.8, 4) is 0 Å². The van der Waals surface area contributed by atoms with E-state index < -0.39 is 27.8 Å². The minimum atomic E-state index is -4.56. The van der Waals surface area contributed by atoms with Gasteiger partial charge >= 0.3 is 6.18 Å². The Morgan fingerprint density at radius 1 is 1.11 bits per heavy atom. The number of carbonyl (C=O) groups excluding carboxylic acids is 1. The number of benzene rings is 1. The van der Waals surface area contributed by atoms with E-state index in [0.717, 1.165) is 25.2 Å². The third kappa shape index (κ3) is 8.12. The molecule has 0 aliphatic heterocycles. The molecule has 0 aliphatic rings. The molecule has 2 N–H and O–H groups in total. The van der Waals surface area contributed by atoms with Crippen molar-refractivity contribution in [3.63, 3.8) is 0 Å². The van der Waals surface area contributed by atoms with Gasteiger partial charge in [0.15, 0.2) is 0 Å². The first-order valence-electron chi connectivity index (χ1n) is 11.4. The van der Waals surface area contributed by atoms with E-state index in [4.69, 9.17) is 0 Å². The number of amides is 1. The van der Waals surface area contributed by atoms with E-state index >= 15 is 0 Å². The van der Waals surface area contributed by atoms with Gasteiger partial charge in [0.05, 0.1) is 17.9 Å². The minimum Gasteiger partial charge on any atom is -0.356 e. The van der Waals surface area contributed by atoms with Crippen LogP contribution in [0.15, 0.2) is 30.3 Å². The number of rotatable bonds is 11. The molecule has 0 fully saturated rings. The third-order valence-corrected chi connectivity index (χ3v) is 6.02. The number of nitrogens with zero attached hydrogens (tertiary/aromatic N) is 2. The first kappa shape index (κ1) is 28.4. The summed E-state index contributed by atoms with van der Waals surface area (Å²) < 4.78 is 65.3. The smallest absolute Gasteiger partial charge is 0.356 e. The molecule has 7 nitrogen and oxygen atoms in total. The van der Waals surface area contributed by atoms with Crippen molar-refractivity contribution in [1.82, 2.24) is 10.3 Å². The number of aromatic nitrogens is 1. The fourth-order valence-electron chi connectivity index (χ4n) is 3.67. The van der Waals surface area contributed by atoms with Crippen LogP contribution in [0, 0.1) is 6.92 Å². The maximum Gasteiger partial charge on any atom is 0.433 e. The molecule has 1 amide bonds. The summed E-state index contributed by atoms with van der Waals surface area (Å²) in [5.41, 5.74) is 1.31. The van der Waals surface area contributed by atoms with Crippen LogP contribution in [0.4, 0.5) is 24.7 Å². The van der Waals surface area contributed by atoms with Crippen molar-refractivity contribution in [2.75, 3.05) is 29.0 Å². The van der Waals surface area contributed by atoms with Crippen LogP contribution in [0.25, 0.3) is 0 Å². The van der Waals surface area contributed by atoms with Gasteiger partial charge in [-0.3, -0.25) is 9.52 Å². The molecule has 0 saturated carbocycles. The molecule has 1 heterocycles. The third-order valence-electron chi connectivity index (χ3n) is 5.43. The van der Waals surface area contributed by atoms with Crippen LogP contribution < -0.4 is 14.9 Å². The van der Waals surface area contributed by atoms with Crippen LogP contribution in [0.5, 0.6) is 0 Å². The fraction of sp³-hybridized carbons (Fsp3) is 0.500. The molecule has 0 saturated heterocycles. The molecule has 0 aliphatic carbocycles. The fourth-order valence-corrected chi connectivity index (χ4v) is 4.30. The largest absolute Gasteiger partial charge is 0.433 e. The highest BCUT2D eigenvalue weighted by Gasteiger charge is 2.33. The first-order chi connectivity index (χ1) is 16.3. The Morgan fingerprint density at radius 3 is 2.26 bits per heavy atom. The summed E-state index contributed by atoms with van der Waals surface area (Å²) in [6.07, 6.45) is -2.03. The zero-order chi connectivity index (χ0) is 26.4. The molecule has 1 unspecified atom stereocenters. The standard InChI is InChI=1S/C24H33F3N4O3S/c1-6-12-31(13-7-2)22-19(9-11-21(29-22)24(25,26)27)15-28-23(32)17(4)18-8-10-20(16(3)14-18)30-35(5,33)34/h8-11,14,17,30H,6-7,12-13,15H2,1-5H3,(H,28,32). The number of anilines is 2. The second kappa shape index (κ2) is 11.7. The van der Waals surface area contributed by atoms with Crippen molar-refractivity contribution < 1.29 is 26.4 Å². The molecule has 1 aromatic heterocycles. The van der Waals surface area contributed by atoms with Gasteiger partial charge in [0.2, 0.25) is 15.9 Å². The van der Waals surface area contributed by atoms with Crippen molar-refractivity contribution in [2.45, 2.75) is 59.2 Å². The molecular weight excluding hydrogens is 481 g/mol. The van der Waals surface area contributed by atoms with Gasteiger partial charge in [0.1, 0.15) is 11.5 Å². The summed E-state index contributed by atoms with van der Waals surface area (Å²) in [5.74, 6) is -0.644. The van der Waals surface area contributed by atoms with E-state index in [1.54, 1.807) is 32.0 Å². The Hall–Kier alpha value is -2.82. The van der Waals surface area contributed by atoms with Crippen molar-refractivity contribution in [3.05, 3.63) is 52.7 Å². The first-order valence-corrected chi connectivity index (χ1v) is 13.3. The SMILES string of the molecule is CCCN(CCC)c1nc(C(F)(F)F)ccc1CNC(=O)C(C)c1ccc(NS(C)(=O)=O)c(C)c1. The summed E-state index contributed by atoms with van der Waals surface area (Å²) in [7, 11) is -3.43. The van der Waals surface area contributed by atoms with Gasteiger partial charge in [-0.05, 0) is 49.9 Å². The Labute approximate surface area is 205 Å². The lowest BCUT2D eigenvalue weighted by molar-refractivity contribution is -0.141. The Morgan fingerprint density at radius 2 is 1.74 bits per heavy atom. The number of hydrogen-bond donors (Lipinski definition) is 2. The number of aryl methyl sites for hydroxylation is 1. The average Bonchev–Trinajstić information content (AvgIpc) is 2.76. The van der Waals surface area contributed by atoms with Crippen molar-refractivity contribution in [2.24, 2.45) is 0 Å². The highest BCUT2D eigenvalue weighted by atomic mass is 32.2. The van der Waals surface area contributed by atoms with E-state index in [1.807, 2.05) is 18.7 Å². The molecule has 1 aromatic carbocycles. The molecule has 11 heteroatoms. The number of halogens is 3. The quantitative estimate of drug-likeness (QED) is 0.448. The van der Waals surface area contributed by atoms with Gasteiger partial charge in [0, 0.05) is 25.2 Å². The maximum atomic E-state index is 13.3. The molecule has 194 valence electrons. The van der Waals surface area contributed by atoms with E-state index in [-0.39, 0.29) is 18.3 Å². The number of carbonyl (C=O) groups is 1. The highest BCUT2D eigenvalue weighted by Crippen LogP contribution is 2.31. The predicted molar refractivity (Wildman–Crippen MR) is 132 cm³/mol. The summed E-state index contributed by atoms with van der Waals surface area (Å²) in [6.45, 7) is 8.45. The predicted octanol–water partition coefficient (Wildman–Crippen LogP) is 4.83. The molecule has 1 atom stereocenters. The maximum absolute atomic E-state index is 13.3. The molecule has 0 bridgehead atoms. The molecular formula is C24H33F3N4O3S. The number of nitrogens with one attached hydrogen (secondary N) is 2. The van der Waals surface area contributed by atoms with Crippen LogP contribution >= 0.6 is 0 Å². The van der Waals surface area contributed by atoms with Crippen LogP contribution in [-0.2, 0) is 27.5 Å². The lowest BCUT2D eigenvalue weighted by Gasteiger charge is -2.26. The molecule has 0 radical (unpaired) electrons. The summed E-state index contributed by atoms with van der Waals surface area (Å²) in [6, 6.07) is 7.29. The summed E-state index contributed by atoms with van der Waals surface area (Å²) in [5, 5.41) is 2.81. The van der Waals surface area contributed by atoms with E-state index in [0.29, 0.717) is 35.5 Å². The van der Waals surface area contributed by atoms with Crippen LogP contribution in [-0.4, -0.2) is 38.7 Å². The molecule has 2 rings (SSSR count). The normalized spacial score (nSPS) is 12.8. The van der Waals surface area contributed by atoms with Gasteiger partial charge < -0.3 is 10.2 Å². The minimum absolute atomic E-state index is 0.0280. The number of alkyl halides is 3. The lowest BCUT2D eigenvalue weighted by Crippen LogP contribution is -2.31. The summed E-state index contributed by atoms with van der Waals surface area (Å²) in [4.78, 5) is 18.6. The monoisotopic (exact) mass is 514 g/mol.